The van der Waals surface area contributed by atoms with E-state index in [4.69, 9.17) is 10.7 Å². The third kappa shape index (κ3) is 5.01. The Morgan fingerprint density at radius 1 is 1.52 bits per heavy atom. The van der Waals surface area contributed by atoms with E-state index >= 15 is 0 Å². The second-order valence-corrected chi connectivity index (χ2v) is 9.47. The Balaban J connectivity index is 3.11. The molecule has 0 aliphatic rings. The van der Waals surface area contributed by atoms with Crippen molar-refractivity contribution in [1.29, 1.82) is 0 Å². The fraction of sp³-hybridized carbons (Fsp3) is 0.364. The van der Waals surface area contributed by atoms with Gasteiger partial charge in [0.25, 0.3) is 15.0 Å². The molecular weight excluding hydrogens is 409 g/mol. The summed E-state index contributed by atoms with van der Waals surface area (Å²) in [6.45, 7) is 1.72. The molecule has 5 nitrogen and oxygen atoms in total. The molecule has 1 aromatic carbocycles. The van der Waals surface area contributed by atoms with Crippen molar-refractivity contribution in [2.24, 2.45) is 0 Å². The van der Waals surface area contributed by atoms with Gasteiger partial charge in [-0.05, 0) is 19.1 Å². The number of halogens is 3. The SMILES string of the molecule is CC(CNC(=O)c1cc(Br)cc(S(=O)(=O)Cl)c1F)S(C)=O. The van der Waals surface area contributed by atoms with Crippen LogP contribution in [0.1, 0.15) is 17.3 Å². The highest BCUT2D eigenvalue weighted by molar-refractivity contribution is 9.10. The normalized spacial score (nSPS) is 14.5. The van der Waals surface area contributed by atoms with Crippen molar-refractivity contribution in [1.82, 2.24) is 5.32 Å². The first-order valence-electron chi connectivity index (χ1n) is 5.58. The van der Waals surface area contributed by atoms with E-state index in [-0.39, 0.29) is 16.3 Å². The van der Waals surface area contributed by atoms with E-state index in [9.17, 15) is 21.8 Å². The first kappa shape index (κ1) is 18.5. The molecule has 0 bridgehead atoms. The largest absolute Gasteiger partial charge is 0.351 e. The Kier molecular flexibility index (Phi) is 6.33. The molecule has 0 aliphatic heterocycles. The molecule has 1 N–H and O–H groups in total. The van der Waals surface area contributed by atoms with Crippen molar-refractivity contribution < 1.29 is 21.8 Å². The van der Waals surface area contributed by atoms with Crippen molar-refractivity contribution in [2.45, 2.75) is 17.1 Å². The first-order valence-corrected chi connectivity index (χ1v) is 10.3. The Bertz CT molecular complexity index is 696. The maximum Gasteiger partial charge on any atom is 0.264 e. The number of nitrogens with one attached hydrogen (secondary N) is 1. The number of amides is 1. The molecule has 2 unspecified atom stereocenters. The smallest absolute Gasteiger partial charge is 0.264 e. The van der Waals surface area contributed by atoms with E-state index < -0.39 is 42.0 Å². The lowest BCUT2D eigenvalue weighted by molar-refractivity contribution is 0.0949. The van der Waals surface area contributed by atoms with Crippen LogP contribution >= 0.6 is 26.6 Å². The Morgan fingerprint density at radius 3 is 2.57 bits per heavy atom. The molecule has 0 aliphatic carbocycles. The van der Waals surface area contributed by atoms with E-state index in [1.165, 1.54) is 6.26 Å². The summed E-state index contributed by atoms with van der Waals surface area (Å²) >= 11 is 2.99. The van der Waals surface area contributed by atoms with Crippen molar-refractivity contribution in [3.8, 4) is 0 Å². The number of carbonyl (C=O) groups is 1. The molecule has 1 amide bonds. The van der Waals surface area contributed by atoms with Gasteiger partial charge in [0.15, 0.2) is 5.82 Å². The van der Waals surface area contributed by atoms with Crippen molar-refractivity contribution in [3.05, 3.63) is 28.0 Å². The lowest BCUT2D eigenvalue weighted by Crippen LogP contribution is -2.33. The molecule has 0 aromatic heterocycles. The third-order valence-corrected chi connectivity index (χ3v) is 5.71. The molecule has 0 spiro atoms. The van der Waals surface area contributed by atoms with Gasteiger partial charge in [0.1, 0.15) is 4.90 Å². The number of rotatable bonds is 5. The molecule has 0 fully saturated rings. The molecule has 118 valence electrons. The van der Waals surface area contributed by atoms with Gasteiger partial charge in [0, 0.05) is 44.0 Å². The summed E-state index contributed by atoms with van der Waals surface area (Å²) in [4.78, 5) is 11.1. The molecule has 0 saturated heterocycles. The number of carbonyl (C=O) groups excluding carboxylic acids is 1. The average molecular weight is 421 g/mol. The van der Waals surface area contributed by atoms with Gasteiger partial charge in [-0.15, -0.1) is 0 Å². The summed E-state index contributed by atoms with van der Waals surface area (Å²) in [6, 6.07) is 2.11. The van der Waals surface area contributed by atoms with Crippen LogP contribution in [0.4, 0.5) is 4.39 Å². The molecule has 1 aromatic rings. The summed E-state index contributed by atoms with van der Waals surface area (Å²) in [6.07, 6.45) is 1.48. The Hall–Kier alpha value is -0.510. The van der Waals surface area contributed by atoms with Gasteiger partial charge < -0.3 is 5.32 Å². The van der Waals surface area contributed by atoms with Gasteiger partial charge in [-0.25, -0.2) is 12.8 Å². The standard InChI is InChI=1S/C11H12BrClFNO4S2/c1-6(20(2)17)5-15-11(16)8-3-7(12)4-9(10(8)14)21(13,18)19/h3-4,6H,5H2,1-2H3,(H,15,16). The fourth-order valence-corrected chi connectivity index (χ4v) is 3.21. The molecule has 1 rings (SSSR count). The number of hydrogen-bond acceptors (Lipinski definition) is 4. The lowest BCUT2D eigenvalue weighted by Gasteiger charge is -2.11. The highest BCUT2D eigenvalue weighted by atomic mass is 79.9. The van der Waals surface area contributed by atoms with Crippen LogP contribution in [0.5, 0.6) is 0 Å². The van der Waals surface area contributed by atoms with Gasteiger partial charge in [0.2, 0.25) is 0 Å². The minimum Gasteiger partial charge on any atom is -0.351 e. The zero-order valence-corrected chi connectivity index (χ0v) is 15.0. The fourth-order valence-electron chi connectivity index (χ4n) is 1.36. The molecule has 0 saturated carbocycles. The molecule has 10 heteroatoms. The molecule has 0 radical (unpaired) electrons. The number of hydrogen-bond donors (Lipinski definition) is 1. The molecular formula is C11H12BrClFNO4S2. The second-order valence-electron chi connectivity index (χ2n) is 4.22. The van der Waals surface area contributed by atoms with Crippen molar-refractivity contribution in [2.75, 3.05) is 12.8 Å². The number of benzene rings is 1. The predicted octanol–water partition coefficient (Wildman–Crippen LogP) is 2.01. The van der Waals surface area contributed by atoms with Gasteiger partial charge in [-0.2, -0.15) is 0 Å². The van der Waals surface area contributed by atoms with Crippen molar-refractivity contribution >= 4 is 52.4 Å². The highest BCUT2D eigenvalue weighted by Gasteiger charge is 2.24. The van der Waals surface area contributed by atoms with Crippen LogP contribution in [0, 0.1) is 5.82 Å². The van der Waals surface area contributed by atoms with Crippen LogP contribution in [0.2, 0.25) is 0 Å². The van der Waals surface area contributed by atoms with E-state index in [0.29, 0.717) is 0 Å². The highest BCUT2D eigenvalue weighted by Crippen LogP contribution is 2.26. The van der Waals surface area contributed by atoms with Crippen LogP contribution in [-0.4, -0.2) is 36.6 Å². The van der Waals surface area contributed by atoms with Crippen molar-refractivity contribution in [3.63, 3.8) is 0 Å². The predicted molar refractivity (Wildman–Crippen MR) is 83.0 cm³/mol. The van der Waals surface area contributed by atoms with E-state index in [1.54, 1.807) is 6.92 Å². The van der Waals surface area contributed by atoms with Crippen LogP contribution < -0.4 is 5.32 Å². The average Bonchev–Trinajstić information content (AvgIpc) is 2.36. The minimum atomic E-state index is -4.32. The molecule has 0 heterocycles. The van der Waals surface area contributed by atoms with Gasteiger partial charge in [0.05, 0.1) is 5.56 Å². The van der Waals surface area contributed by atoms with Gasteiger partial charge in [-0.1, -0.05) is 15.9 Å². The first-order chi connectivity index (χ1) is 9.54. The Morgan fingerprint density at radius 2 is 2.10 bits per heavy atom. The summed E-state index contributed by atoms with van der Waals surface area (Å²) in [5.41, 5.74) is -0.460. The summed E-state index contributed by atoms with van der Waals surface area (Å²) in [7, 11) is -0.343. The van der Waals surface area contributed by atoms with Crippen LogP contribution in [-0.2, 0) is 19.9 Å². The van der Waals surface area contributed by atoms with Gasteiger partial charge >= 0.3 is 0 Å². The monoisotopic (exact) mass is 419 g/mol. The molecule has 21 heavy (non-hydrogen) atoms. The summed E-state index contributed by atoms with van der Waals surface area (Å²) < 4.78 is 48.0. The van der Waals surface area contributed by atoms with E-state index in [0.717, 1.165) is 12.1 Å². The summed E-state index contributed by atoms with van der Waals surface area (Å²) in [5.74, 6) is -2.04. The maximum atomic E-state index is 14.1. The third-order valence-electron chi connectivity index (χ3n) is 2.63. The Labute approximate surface area is 137 Å². The van der Waals surface area contributed by atoms with E-state index in [2.05, 4.69) is 21.2 Å². The molecule has 2 atom stereocenters. The van der Waals surface area contributed by atoms with Crippen LogP contribution in [0.3, 0.4) is 0 Å². The van der Waals surface area contributed by atoms with Gasteiger partial charge in [-0.3, -0.25) is 9.00 Å². The summed E-state index contributed by atoms with van der Waals surface area (Å²) in [5, 5.41) is 2.08. The minimum absolute atomic E-state index is 0.0663. The maximum absolute atomic E-state index is 14.1. The lowest BCUT2D eigenvalue weighted by atomic mass is 10.2. The topological polar surface area (TPSA) is 80.3 Å². The second kappa shape index (κ2) is 7.17. The van der Waals surface area contributed by atoms with Crippen LogP contribution in [0.25, 0.3) is 0 Å². The zero-order valence-electron chi connectivity index (χ0n) is 11.0. The van der Waals surface area contributed by atoms with Crippen LogP contribution in [0.15, 0.2) is 21.5 Å². The quantitative estimate of drug-likeness (QED) is 0.739. The zero-order chi connectivity index (χ0) is 16.4. The van der Waals surface area contributed by atoms with E-state index in [1.807, 2.05) is 0 Å².